The van der Waals surface area contributed by atoms with Crippen LogP contribution in [0.2, 0.25) is 0 Å². The van der Waals surface area contributed by atoms with Gasteiger partial charge in [0.15, 0.2) is 0 Å². The molecule has 0 aliphatic heterocycles. The van der Waals surface area contributed by atoms with Crippen molar-refractivity contribution in [1.82, 2.24) is 15.0 Å². The number of hydrogen-bond donors (Lipinski definition) is 0. The Hall–Kier alpha value is -1.98. The number of hydrogen-bond acceptors (Lipinski definition) is 3. The van der Waals surface area contributed by atoms with Crippen molar-refractivity contribution in [1.29, 1.82) is 0 Å². The third kappa shape index (κ3) is 2.16. The highest BCUT2D eigenvalue weighted by Crippen LogP contribution is 2.29. The minimum Gasteiger partial charge on any atom is -0.254 e. The number of aromatic nitrogens is 3. The molecule has 0 fully saturated rings. The van der Waals surface area contributed by atoms with Crippen LogP contribution in [0.3, 0.4) is 0 Å². The maximum atomic E-state index is 12.3. The number of halogens is 3. The van der Waals surface area contributed by atoms with Crippen LogP contribution in [-0.2, 0) is 6.18 Å². The van der Waals surface area contributed by atoms with E-state index in [1.54, 1.807) is 0 Å². The number of alkyl halides is 3. The van der Waals surface area contributed by atoms with Crippen LogP contribution in [0.25, 0.3) is 11.4 Å². The predicted octanol–water partition coefficient (Wildman–Crippen LogP) is 2.36. The van der Waals surface area contributed by atoms with E-state index in [0.717, 1.165) is 12.3 Å². The molecule has 6 heteroatoms. The average molecular weight is 224 g/mol. The van der Waals surface area contributed by atoms with E-state index in [1.807, 2.05) is 0 Å². The maximum Gasteiger partial charge on any atom is 0.417 e. The highest BCUT2D eigenvalue weighted by Gasteiger charge is 2.30. The molecule has 0 N–H and O–H groups in total. The summed E-state index contributed by atoms with van der Waals surface area (Å²) in [7, 11) is 0. The van der Waals surface area contributed by atoms with Gasteiger partial charge < -0.3 is 0 Å². The summed E-state index contributed by atoms with van der Waals surface area (Å²) in [5.74, 6) is 0. The Morgan fingerprint density at radius 1 is 1.06 bits per heavy atom. The second kappa shape index (κ2) is 3.88. The van der Waals surface area contributed by atoms with Gasteiger partial charge in [-0.3, -0.25) is 4.98 Å². The second-order valence-electron chi connectivity index (χ2n) is 2.96. The van der Waals surface area contributed by atoms with Crippen LogP contribution in [0.15, 0.2) is 30.7 Å². The first-order valence-corrected chi connectivity index (χ1v) is 4.29. The van der Waals surface area contributed by atoms with Crippen molar-refractivity contribution in [2.24, 2.45) is 0 Å². The lowest BCUT2D eigenvalue weighted by atomic mass is 10.2. The molecule has 0 amide bonds. The lowest BCUT2D eigenvalue weighted by molar-refractivity contribution is -0.137. The molecule has 2 heterocycles. The van der Waals surface area contributed by atoms with E-state index >= 15 is 0 Å². The van der Waals surface area contributed by atoms with Crippen LogP contribution in [0.5, 0.6) is 0 Å². The Morgan fingerprint density at radius 2 is 1.88 bits per heavy atom. The summed E-state index contributed by atoms with van der Waals surface area (Å²) in [5.41, 5.74) is 0.00432. The molecule has 0 aliphatic rings. The fraction of sp³-hybridized carbons (Fsp3) is 0.100. The summed E-state index contributed by atoms with van der Waals surface area (Å²) in [6, 6.07) is 3.68. The third-order valence-corrected chi connectivity index (χ3v) is 1.88. The quantitative estimate of drug-likeness (QED) is 0.746. The predicted molar refractivity (Wildman–Crippen MR) is 49.1 cm³/mol. The van der Waals surface area contributed by atoms with Gasteiger partial charge in [-0.05, 0) is 18.2 Å². The summed E-state index contributed by atoms with van der Waals surface area (Å²) in [6.07, 6.45) is 0.192. The molecule has 0 spiro atoms. The molecule has 0 aromatic carbocycles. The van der Waals surface area contributed by atoms with Gasteiger partial charge in [0.1, 0.15) is 6.33 Å². The van der Waals surface area contributed by atoms with Crippen molar-refractivity contribution < 1.29 is 13.2 Å². The topological polar surface area (TPSA) is 38.7 Å². The standard InChI is InChI=1S/C10H5F3N3/c11-10(12,13)7-1-2-8(15-5-7)9-3-4-14-6-16-9/h1-3,5-6H. The van der Waals surface area contributed by atoms with Gasteiger partial charge in [-0.25, -0.2) is 9.97 Å². The highest BCUT2D eigenvalue weighted by molar-refractivity contribution is 5.52. The van der Waals surface area contributed by atoms with Crippen molar-refractivity contribution in [3.05, 3.63) is 42.5 Å². The minimum atomic E-state index is -4.37. The number of pyridine rings is 1. The van der Waals surface area contributed by atoms with Gasteiger partial charge in [0.25, 0.3) is 0 Å². The van der Waals surface area contributed by atoms with Gasteiger partial charge in [-0.15, -0.1) is 0 Å². The van der Waals surface area contributed by atoms with Crippen molar-refractivity contribution in [3.8, 4) is 11.4 Å². The first-order valence-electron chi connectivity index (χ1n) is 4.29. The minimum absolute atomic E-state index is 0.353. The first kappa shape index (κ1) is 10.5. The zero-order valence-electron chi connectivity index (χ0n) is 7.86. The molecule has 0 aliphatic carbocycles. The van der Waals surface area contributed by atoms with Gasteiger partial charge >= 0.3 is 6.18 Å². The molecule has 0 unspecified atom stereocenters. The Labute approximate surface area is 89.0 Å². The molecule has 81 valence electrons. The van der Waals surface area contributed by atoms with Crippen LogP contribution in [0.4, 0.5) is 13.2 Å². The monoisotopic (exact) mass is 224 g/mol. The summed E-state index contributed by atoms with van der Waals surface area (Å²) >= 11 is 0. The molecule has 0 saturated carbocycles. The summed E-state index contributed by atoms with van der Waals surface area (Å²) in [6.45, 7) is 0. The fourth-order valence-corrected chi connectivity index (χ4v) is 1.11. The van der Waals surface area contributed by atoms with E-state index in [1.165, 1.54) is 18.5 Å². The van der Waals surface area contributed by atoms with Crippen molar-refractivity contribution in [3.63, 3.8) is 0 Å². The average Bonchev–Trinajstić information content (AvgIpc) is 2.29. The van der Waals surface area contributed by atoms with Gasteiger partial charge in [-0.2, -0.15) is 13.2 Å². The van der Waals surface area contributed by atoms with Crippen molar-refractivity contribution in [2.45, 2.75) is 6.18 Å². The molecule has 0 saturated heterocycles. The lowest BCUT2D eigenvalue weighted by Crippen LogP contribution is -2.05. The molecule has 0 bridgehead atoms. The zero-order chi connectivity index (χ0) is 11.6. The van der Waals surface area contributed by atoms with E-state index in [0.29, 0.717) is 11.4 Å². The van der Waals surface area contributed by atoms with Gasteiger partial charge in [-0.1, -0.05) is 0 Å². The highest BCUT2D eigenvalue weighted by atomic mass is 19.4. The van der Waals surface area contributed by atoms with Gasteiger partial charge in [0.2, 0.25) is 0 Å². The van der Waals surface area contributed by atoms with E-state index < -0.39 is 11.7 Å². The van der Waals surface area contributed by atoms with Gasteiger partial charge in [0, 0.05) is 6.20 Å². The van der Waals surface area contributed by atoms with E-state index in [2.05, 4.69) is 21.1 Å². The first-order chi connectivity index (χ1) is 7.57. The normalized spacial score (nSPS) is 11.4. The Bertz CT molecular complexity index is 465. The Morgan fingerprint density at radius 3 is 2.38 bits per heavy atom. The van der Waals surface area contributed by atoms with Crippen LogP contribution >= 0.6 is 0 Å². The molecule has 0 atom stereocenters. The van der Waals surface area contributed by atoms with Crippen molar-refractivity contribution in [2.75, 3.05) is 0 Å². The molecular weight excluding hydrogens is 219 g/mol. The maximum absolute atomic E-state index is 12.3. The molecule has 2 aromatic heterocycles. The van der Waals surface area contributed by atoms with E-state index in [4.69, 9.17) is 0 Å². The molecule has 2 aromatic rings. The molecule has 1 radical (unpaired) electrons. The SMILES string of the molecule is FC(F)(F)c1ccc(-c2c[c]ncn2)nc1. The summed E-state index contributed by atoms with van der Waals surface area (Å²) < 4.78 is 36.8. The molecular formula is C10H5F3N3. The molecule has 2 rings (SSSR count). The number of rotatable bonds is 1. The third-order valence-electron chi connectivity index (χ3n) is 1.88. The van der Waals surface area contributed by atoms with E-state index in [-0.39, 0.29) is 0 Å². The largest absolute Gasteiger partial charge is 0.417 e. The van der Waals surface area contributed by atoms with Crippen LogP contribution in [0, 0.1) is 6.20 Å². The van der Waals surface area contributed by atoms with E-state index in [9.17, 15) is 13.2 Å². The Balaban J connectivity index is 2.34. The number of nitrogens with zero attached hydrogens (tertiary/aromatic N) is 3. The van der Waals surface area contributed by atoms with Crippen LogP contribution < -0.4 is 0 Å². The second-order valence-corrected chi connectivity index (χ2v) is 2.96. The molecule has 16 heavy (non-hydrogen) atoms. The Kier molecular flexibility index (Phi) is 2.55. The van der Waals surface area contributed by atoms with Crippen LogP contribution in [0.1, 0.15) is 5.56 Å². The van der Waals surface area contributed by atoms with Crippen LogP contribution in [-0.4, -0.2) is 15.0 Å². The fourth-order valence-electron chi connectivity index (χ4n) is 1.11. The zero-order valence-corrected chi connectivity index (χ0v) is 7.86. The summed E-state index contributed by atoms with van der Waals surface area (Å²) in [4.78, 5) is 11.1. The van der Waals surface area contributed by atoms with Crippen molar-refractivity contribution >= 4 is 0 Å². The smallest absolute Gasteiger partial charge is 0.254 e. The lowest BCUT2D eigenvalue weighted by Gasteiger charge is -2.06. The molecule has 3 nitrogen and oxygen atoms in total. The van der Waals surface area contributed by atoms with Gasteiger partial charge in [0.05, 0.1) is 23.1 Å². The summed E-state index contributed by atoms with van der Waals surface area (Å²) in [5, 5.41) is 0.